The number of benzene rings is 1. The zero-order valence-electron chi connectivity index (χ0n) is 16.1. The van der Waals surface area contributed by atoms with Crippen molar-refractivity contribution >= 4 is 22.6 Å². The monoisotopic (exact) mass is 488 g/mol. The Morgan fingerprint density at radius 2 is 1.73 bits per heavy atom. The highest BCUT2D eigenvalue weighted by molar-refractivity contribution is 14.1. The Balaban J connectivity index is 2.78. The van der Waals surface area contributed by atoms with Crippen LogP contribution in [0.2, 0.25) is 0 Å². The predicted octanol–water partition coefficient (Wildman–Crippen LogP) is 7.68. The number of ether oxygens (including phenoxy) is 1. The Hall–Kier alpha value is -0.530. The van der Waals surface area contributed by atoms with E-state index >= 15 is 0 Å². The van der Waals surface area contributed by atoms with Gasteiger partial charge < -0.3 is 4.74 Å². The molecule has 1 nitrogen and oxygen atoms in total. The van der Waals surface area contributed by atoms with E-state index in [1.54, 1.807) is 0 Å². The highest BCUT2D eigenvalue weighted by atomic mass is 127. The van der Waals surface area contributed by atoms with Crippen molar-refractivity contribution in [1.82, 2.24) is 0 Å². The summed E-state index contributed by atoms with van der Waals surface area (Å²) in [7, 11) is 0. The molecule has 0 saturated carbocycles. The molecule has 150 valence electrons. The lowest BCUT2D eigenvalue weighted by molar-refractivity contribution is -0.252. The second-order valence-electron chi connectivity index (χ2n) is 7.63. The Morgan fingerprint density at radius 1 is 1.12 bits per heavy atom. The molecule has 26 heavy (non-hydrogen) atoms. The molecule has 1 aromatic rings. The van der Waals surface area contributed by atoms with Crippen molar-refractivity contribution in [2.24, 2.45) is 11.3 Å². The summed E-state index contributed by atoms with van der Waals surface area (Å²) >= 11 is 2.38. The number of aryl methyl sites for hydroxylation is 1. The van der Waals surface area contributed by atoms with Gasteiger partial charge >= 0.3 is 6.11 Å². The molecular formula is C20H29F4IO. The molecule has 1 rings (SSSR count). The molecule has 0 bridgehead atoms. The molecule has 0 aliphatic carbocycles. The highest BCUT2D eigenvalue weighted by Gasteiger charge is 2.49. The van der Waals surface area contributed by atoms with Crippen molar-refractivity contribution in [3.8, 4) is 5.75 Å². The normalized spacial score (nSPS) is 15.0. The van der Waals surface area contributed by atoms with Crippen molar-refractivity contribution in [2.45, 2.75) is 76.8 Å². The number of halogens is 5. The molecule has 0 fully saturated rings. The van der Waals surface area contributed by atoms with Crippen LogP contribution >= 0.6 is 22.6 Å². The fourth-order valence-electron chi connectivity index (χ4n) is 2.91. The van der Waals surface area contributed by atoms with E-state index < -0.39 is 28.9 Å². The van der Waals surface area contributed by atoms with E-state index in [9.17, 15) is 17.6 Å². The second-order valence-corrected chi connectivity index (χ2v) is 9.59. The van der Waals surface area contributed by atoms with Gasteiger partial charge in [-0.3, -0.25) is 0 Å². The summed E-state index contributed by atoms with van der Waals surface area (Å²) in [6.45, 7) is 8.42. The minimum absolute atomic E-state index is 0.0484. The molecule has 0 radical (unpaired) electrons. The van der Waals surface area contributed by atoms with Gasteiger partial charge in [-0.15, -0.1) is 0 Å². The first kappa shape index (κ1) is 23.5. The second kappa shape index (κ2) is 9.60. The number of hydrogen-bond acceptors (Lipinski definition) is 1. The first-order valence-corrected chi connectivity index (χ1v) is 10.3. The number of alkyl halides is 3. The Morgan fingerprint density at radius 3 is 2.27 bits per heavy atom. The summed E-state index contributed by atoms with van der Waals surface area (Å²) in [5, 5.41) is 0. The van der Waals surface area contributed by atoms with Crippen molar-refractivity contribution in [2.75, 3.05) is 0 Å². The predicted molar refractivity (Wildman–Crippen MR) is 106 cm³/mol. The maximum absolute atomic E-state index is 14.6. The summed E-state index contributed by atoms with van der Waals surface area (Å²) in [5.41, 5.74) is -1.45. The van der Waals surface area contributed by atoms with Crippen molar-refractivity contribution in [3.05, 3.63) is 29.3 Å². The van der Waals surface area contributed by atoms with Crippen LogP contribution in [-0.4, -0.2) is 10.0 Å². The Labute approximate surface area is 168 Å². The molecule has 2 atom stereocenters. The summed E-state index contributed by atoms with van der Waals surface area (Å²) in [6.07, 6.45) is 0.273. The maximum Gasteiger partial charge on any atom is 0.403 e. The third kappa shape index (κ3) is 5.99. The maximum atomic E-state index is 14.6. The van der Waals surface area contributed by atoms with Crippen LogP contribution in [0.15, 0.2) is 12.1 Å². The minimum atomic E-state index is -3.61. The number of hydrogen-bond donors (Lipinski definition) is 0. The molecule has 6 heteroatoms. The lowest BCUT2D eigenvalue weighted by atomic mass is 9.83. The van der Waals surface area contributed by atoms with Gasteiger partial charge in [0, 0.05) is 3.92 Å². The van der Waals surface area contributed by atoms with Crippen LogP contribution in [0.4, 0.5) is 17.6 Å². The summed E-state index contributed by atoms with van der Waals surface area (Å²) in [4.78, 5) is 0. The van der Waals surface area contributed by atoms with Gasteiger partial charge in [-0.1, -0.05) is 69.2 Å². The number of rotatable bonds is 10. The molecule has 1 aromatic carbocycles. The average molecular weight is 488 g/mol. The smallest absolute Gasteiger partial charge is 0.403 e. The van der Waals surface area contributed by atoms with Gasteiger partial charge in [-0.25, -0.2) is 4.39 Å². The van der Waals surface area contributed by atoms with Crippen LogP contribution < -0.4 is 4.74 Å². The zero-order valence-corrected chi connectivity index (χ0v) is 18.3. The van der Waals surface area contributed by atoms with E-state index in [1.165, 1.54) is 26.8 Å². The summed E-state index contributed by atoms with van der Waals surface area (Å²) in [6, 6.07) is 2.28. The molecule has 0 spiro atoms. The topological polar surface area (TPSA) is 9.23 Å². The fraction of sp³-hybridized carbons (Fsp3) is 0.700. The summed E-state index contributed by atoms with van der Waals surface area (Å²) in [5.74, 6) is -2.79. The molecule has 0 aromatic heterocycles. The van der Waals surface area contributed by atoms with Crippen molar-refractivity contribution < 1.29 is 22.3 Å². The zero-order chi connectivity index (χ0) is 20.1. The third-order valence-corrected chi connectivity index (χ3v) is 5.97. The van der Waals surface area contributed by atoms with Gasteiger partial charge in [0.2, 0.25) is 5.82 Å². The molecule has 0 aliphatic heterocycles. The Bertz CT molecular complexity index is 587. The van der Waals surface area contributed by atoms with Crippen LogP contribution in [0.5, 0.6) is 5.75 Å². The fourth-order valence-corrected chi connectivity index (χ4v) is 3.63. The minimum Gasteiger partial charge on any atom is -0.429 e. The largest absolute Gasteiger partial charge is 0.429 e. The van der Waals surface area contributed by atoms with E-state index in [2.05, 4.69) is 41.2 Å². The molecular weight excluding hydrogens is 459 g/mol. The first-order valence-electron chi connectivity index (χ1n) is 9.08. The standard InChI is InChI=1S/C20H29F4IO/c1-6-8-15(14(3)25)9-7-12-19(4,5)20(23,24)26-16-11-10-13(2)17(21)18(16)22/h10-11,14-15H,6-9,12H2,1-5H3. The van der Waals surface area contributed by atoms with Crippen LogP contribution in [0.25, 0.3) is 0 Å². The van der Waals surface area contributed by atoms with Gasteiger partial charge in [-0.2, -0.15) is 13.2 Å². The van der Waals surface area contributed by atoms with Gasteiger partial charge in [-0.05, 0) is 43.7 Å². The van der Waals surface area contributed by atoms with Crippen LogP contribution in [-0.2, 0) is 0 Å². The molecule has 0 amide bonds. The molecule has 2 unspecified atom stereocenters. The van der Waals surface area contributed by atoms with E-state index in [4.69, 9.17) is 0 Å². The lowest BCUT2D eigenvalue weighted by Gasteiger charge is -2.34. The van der Waals surface area contributed by atoms with Crippen molar-refractivity contribution in [3.63, 3.8) is 0 Å². The van der Waals surface area contributed by atoms with Crippen LogP contribution in [0, 0.1) is 29.9 Å². The van der Waals surface area contributed by atoms with E-state index in [-0.39, 0.29) is 12.0 Å². The third-order valence-electron chi connectivity index (χ3n) is 4.95. The Kier molecular flexibility index (Phi) is 8.68. The first-order chi connectivity index (χ1) is 11.9. The van der Waals surface area contributed by atoms with Gasteiger partial charge in [0.15, 0.2) is 11.6 Å². The van der Waals surface area contributed by atoms with Gasteiger partial charge in [0.25, 0.3) is 0 Å². The molecule has 0 N–H and O–H groups in total. The SMILES string of the molecule is CCCC(CCCC(C)(C)C(F)(F)Oc1ccc(C)c(F)c1F)C(C)I. The quantitative estimate of drug-likeness (QED) is 0.187. The van der Waals surface area contributed by atoms with Crippen LogP contribution in [0.1, 0.15) is 65.4 Å². The van der Waals surface area contributed by atoms with Gasteiger partial charge in [0.05, 0.1) is 5.41 Å². The lowest BCUT2D eigenvalue weighted by Crippen LogP contribution is -2.42. The van der Waals surface area contributed by atoms with E-state index in [0.29, 0.717) is 16.3 Å². The van der Waals surface area contributed by atoms with E-state index in [0.717, 1.165) is 25.3 Å². The molecule has 0 saturated heterocycles. The van der Waals surface area contributed by atoms with Crippen LogP contribution in [0.3, 0.4) is 0 Å². The highest BCUT2D eigenvalue weighted by Crippen LogP contribution is 2.43. The van der Waals surface area contributed by atoms with Crippen molar-refractivity contribution in [1.29, 1.82) is 0 Å². The molecule has 0 heterocycles. The van der Waals surface area contributed by atoms with Gasteiger partial charge in [0.1, 0.15) is 0 Å². The summed E-state index contributed by atoms with van der Waals surface area (Å²) < 4.78 is 61.8. The average Bonchev–Trinajstić information content (AvgIpc) is 2.54. The van der Waals surface area contributed by atoms with E-state index in [1.807, 2.05) is 0 Å². The molecule has 0 aliphatic rings.